The predicted molar refractivity (Wildman–Crippen MR) is 127 cm³/mol. The first-order chi connectivity index (χ1) is 16.1. The molecule has 2 aliphatic heterocycles. The fourth-order valence-corrected chi connectivity index (χ4v) is 5.02. The molecule has 1 unspecified atom stereocenters. The number of carbonyl (C=O) groups is 2. The van der Waals surface area contributed by atoms with Crippen LogP contribution in [0.2, 0.25) is 0 Å². The molecular weight excluding hydrogens is 417 g/mol. The van der Waals surface area contributed by atoms with Gasteiger partial charge in [0.2, 0.25) is 11.8 Å². The number of hydrogen-bond donors (Lipinski definition) is 1. The highest BCUT2D eigenvalue weighted by molar-refractivity contribution is 5.93. The minimum atomic E-state index is -0.255. The Morgan fingerprint density at radius 1 is 1.06 bits per heavy atom. The largest absolute Gasteiger partial charge is 0.360 e. The molecule has 1 N–H and O–H groups in total. The second kappa shape index (κ2) is 9.22. The normalized spacial score (nSPS) is 18.9. The van der Waals surface area contributed by atoms with E-state index in [9.17, 15) is 14.0 Å². The number of amides is 2. The molecule has 1 aromatic heterocycles. The van der Waals surface area contributed by atoms with Gasteiger partial charge in [-0.15, -0.1) is 0 Å². The molecule has 1 atom stereocenters. The van der Waals surface area contributed by atoms with E-state index in [1.54, 1.807) is 6.07 Å². The number of carbonyl (C=O) groups excluding carboxylic acids is 2. The van der Waals surface area contributed by atoms with Crippen molar-refractivity contribution in [1.82, 2.24) is 14.8 Å². The van der Waals surface area contributed by atoms with Crippen molar-refractivity contribution in [3.05, 3.63) is 77.7 Å². The van der Waals surface area contributed by atoms with Crippen LogP contribution in [0.1, 0.15) is 30.4 Å². The molecule has 3 aromatic rings. The van der Waals surface area contributed by atoms with E-state index >= 15 is 0 Å². The Labute approximate surface area is 192 Å². The first-order valence-electron chi connectivity index (χ1n) is 11.6. The number of fused-ring (bicyclic) bond motifs is 1. The van der Waals surface area contributed by atoms with Crippen LogP contribution in [0, 0.1) is 11.7 Å². The molecule has 170 valence electrons. The van der Waals surface area contributed by atoms with Gasteiger partial charge >= 0.3 is 0 Å². The molecule has 0 radical (unpaired) electrons. The first-order valence-corrected chi connectivity index (χ1v) is 11.6. The Bertz CT molecular complexity index is 1200. The third-order valence-electron chi connectivity index (χ3n) is 6.83. The van der Waals surface area contributed by atoms with Crippen molar-refractivity contribution in [3.8, 4) is 0 Å². The van der Waals surface area contributed by atoms with E-state index in [0.29, 0.717) is 26.1 Å². The smallest absolute Gasteiger partial charge is 0.227 e. The zero-order chi connectivity index (χ0) is 22.8. The van der Waals surface area contributed by atoms with E-state index in [-0.39, 0.29) is 23.5 Å². The van der Waals surface area contributed by atoms with Crippen molar-refractivity contribution in [2.45, 2.75) is 25.7 Å². The molecular formula is C27H28FN3O2. The summed E-state index contributed by atoms with van der Waals surface area (Å²) in [5, 5.41) is 1.00. The number of aromatic nitrogens is 1. The van der Waals surface area contributed by atoms with Crippen molar-refractivity contribution in [1.29, 1.82) is 0 Å². The summed E-state index contributed by atoms with van der Waals surface area (Å²) in [4.78, 5) is 32.9. The van der Waals surface area contributed by atoms with Gasteiger partial charge in [-0.25, -0.2) is 4.39 Å². The summed E-state index contributed by atoms with van der Waals surface area (Å²) in [6, 6.07) is 14.5. The number of halogens is 1. The molecule has 2 amide bonds. The van der Waals surface area contributed by atoms with E-state index in [2.05, 4.69) is 11.1 Å². The highest BCUT2D eigenvalue weighted by Crippen LogP contribution is 2.30. The number of rotatable bonds is 4. The molecule has 5 nitrogen and oxygen atoms in total. The number of benzene rings is 2. The van der Waals surface area contributed by atoms with E-state index in [0.717, 1.165) is 47.8 Å². The van der Waals surface area contributed by atoms with E-state index in [1.165, 1.54) is 17.7 Å². The van der Waals surface area contributed by atoms with Crippen molar-refractivity contribution in [2.24, 2.45) is 5.92 Å². The minimum absolute atomic E-state index is 0.0929. The molecule has 0 bridgehead atoms. The van der Waals surface area contributed by atoms with E-state index < -0.39 is 0 Å². The standard InChI is InChI=1S/C27H28FN3O2/c28-22-8-9-23-24(17-29-25(23)16-22)20-10-13-30(14-11-20)27(33)21-7-4-12-31(18-21)26(32)15-19-5-2-1-3-6-19/h1-3,5-6,8-10,16-17,21,29H,4,7,11-15,18H2. The van der Waals surface area contributed by atoms with Crippen LogP contribution in [0.4, 0.5) is 4.39 Å². The van der Waals surface area contributed by atoms with Crippen LogP contribution < -0.4 is 0 Å². The molecule has 0 aliphatic carbocycles. The lowest BCUT2D eigenvalue weighted by atomic mass is 9.94. The number of hydrogen-bond acceptors (Lipinski definition) is 2. The van der Waals surface area contributed by atoms with Gasteiger partial charge in [0.25, 0.3) is 0 Å². The summed E-state index contributed by atoms with van der Waals surface area (Å²) in [7, 11) is 0. The third kappa shape index (κ3) is 4.56. The average molecular weight is 446 g/mol. The molecule has 5 rings (SSSR count). The van der Waals surface area contributed by atoms with Crippen molar-refractivity contribution < 1.29 is 14.0 Å². The Kier molecular flexibility index (Phi) is 5.99. The van der Waals surface area contributed by atoms with Gasteiger partial charge in [0.05, 0.1) is 12.3 Å². The van der Waals surface area contributed by atoms with Gasteiger partial charge in [-0.3, -0.25) is 9.59 Å². The number of piperidine rings is 1. The number of H-pyrrole nitrogens is 1. The van der Waals surface area contributed by atoms with Crippen LogP contribution in [-0.4, -0.2) is 52.8 Å². The Hall–Kier alpha value is -3.41. The number of aromatic amines is 1. The maximum Gasteiger partial charge on any atom is 0.227 e. The zero-order valence-electron chi connectivity index (χ0n) is 18.6. The highest BCUT2D eigenvalue weighted by Gasteiger charge is 2.32. The van der Waals surface area contributed by atoms with Gasteiger partial charge in [-0.1, -0.05) is 36.4 Å². The van der Waals surface area contributed by atoms with Gasteiger partial charge in [0.15, 0.2) is 0 Å². The SMILES string of the molecule is O=C(Cc1ccccc1)N1CCCC(C(=O)N2CC=C(c3c[nH]c4cc(F)ccc34)CC2)C1. The van der Waals surface area contributed by atoms with Gasteiger partial charge in [0, 0.05) is 48.8 Å². The molecule has 6 heteroatoms. The molecule has 33 heavy (non-hydrogen) atoms. The van der Waals surface area contributed by atoms with Crippen molar-refractivity contribution in [2.75, 3.05) is 26.2 Å². The van der Waals surface area contributed by atoms with Gasteiger partial charge in [-0.05, 0) is 48.6 Å². The molecule has 2 aromatic carbocycles. The van der Waals surface area contributed by atoms with Crippen LogP contribution in [0.25, 0.3) is 16.5 Å². The average Bonchev–Trinajstić information content (AvgIpc) is 3.27. The Morgan fingerprint density at radius 3 is 2.70 bits per heavy atom. The summed E-state index contributed by atoms with van der Waals surface area (Å²) in [5.41, 5.74) is 4.05. The number of nitrogens with zero attached hydrogens (tertiary/aromatic N) is 2. The van der Waals surface area contributed by atoms with Gasteiger partial charge in [0.1, 0.15) is 5.82 Å². The summed E-state index contributed by atoms with van der Waals surface area (Å²) >= 11 is 0. The van der Waals surface area contributed by atoms with Crippen LogP contribution >= 0.6 is 0 Å². The predicted octanol–water partition coefficient (Wildman–Crippen LogP) is 4.40. The summed E-state index contributed by atoms with van der Waals surface area (Å²) in [5.74, 6) is -0.155. The summed E-state index contributed by atoms with van der Waals surface area (Å²) < 4.78 is 13.5. The fraction of sp³-hybridized carbons (Fsp3) is 0.333. The monoisotopic (exact) mass is 445 g/mol. The van der Waals surface area contributed by atoms with Crippen LogP contribution in [-0.2, 0) is 16.0 Å². The van der Waals surface area contributed by atoms with Crippen molar-refractivity contribution >= 4 is 28.3 Å². The molecule has 3 heterocycles. The zero-order valence-corrected chi connectivity index (χ0v) is 18.6. The van der Waals surface area contributed by atoms with Crippen LogP contribution in [0.3, 0.4) is 0 Å². The van der Waals surface area contributed by atoms with Crippen LogP contribution in [0.5, 0.6) is 0 Å². The van der Waals surface area contributed by atoms with E-state index in [1.807, 2.05) is 46.3 Å². The lowest BCUT2D eigenvalue weighted by Crippen LogP contribution is -2.48. The summed E-state index contributed by atoms with van der Waals surface area (Å²) in [6.45, 7) is 2.45. The Balaban J connectivity index is 1.22. The quantitative estimate of drug-likeness (QED) is 0.647. The minimum Gasteiger partial charge on any atom is -0.360 e. The summed E-state index contributed by atoms with van der Waals surface area (Å²) in [6.07, 6.45) is 6.86. The van der Waals surface area contributed by atoms with Gasteiger partial charge < -0.3 is 14.8 Å². The number of nitrogens with one attached hydrogen (secondary N) is 1. The second-order valence-corrected chi connectivity index (χ2v) is 9.00. The molecule has 1 fully saturated rings. The van der Waals surface area contributed by atoms with Crippen LogP contribution in [0.15, 0.2) is 60.8 Å². The lowest BCUT2D eigenvalue weighted by molar-refractivity contribution is -0.140. The maximum absolute atomic E-state index is 13.5. The number of likely N-dealkylation sites (tertiary alicyclic amines) is 1. The fourth-order valence-electron chi connectivity index (χ4n) is 5.02. The Morgan fingerprint density at radius 2 is 1.91 bits per heavy atom. The first kappa shape index (κ1) is 21.4. The maximum atomic E-state index is 13.5. The molecule has 1 saturated heterocycles. The van der Waals surface area contributed by atoms with E-state index in [4.69, 9.17) is 0 Å². The van der Waals surface area contributed by atoms with Crippen molar-refractivity contribution in [3.63, 3.8) is 0 Å². The molecule has 0 spiro atoms. The second-order valence-electron chi connectivity index (χ2n) is 9.00. The third-order valence-corrected chi connectivity index (χ3v) is 6.83. The highest BCUT2D eigenvalue weighted by atomic mass is 19.1. The molecule has 0 saturated carbocycles. The molecule has 2 aliphatic rings. The van der Waals surface area contributed by atoms with Gasteiger partial charge in [-0.2, -0.15) is 0 Å². The lowest BCUT2D eigenvalue weighted by Gasteiger charge is -2.36. The topological polar surface area (TPSA) is 56.4 Å².